The Morgan fingerprint density at radius 1 is 1.03 bits per heavy atom. The van der Waals surface area contributed by atoms with E-state index in [4.69, 9.17) is 4.98 Å². The molecule has 2 aromatic heterocycles. The van der Waals surface area contributed by atoms with Gasteiger partial charge in [-0.2, -0.15) is 0 Å². The zero-order valence-electron chi connectivity index (χ0n) is 17.4. The molecule has 0 saturated carbocycles. The van der Waals surface area contributed by atoms with E-state index in [-0.39, 0.29) is 11.4 Å². The van der Waals surface area contributed by atoms with Crippen LogP contribution in [0.15, 0.2) is 71.7 Å². The molecule has 1 unspecified atom stereocenters. The van der Waals surface area contributed by atoms with Gasteiger partial charge in [0.05, 0.1) is 11.7 Å². The third-order valence-corrected chi connectivity index (χ3v) is 5.47. The molecule has 6 heteroatoms. The second kappa shape index (κ2) is 8.68. The molecule has 4 rings (SSSR count). The molecular formula is C25H23F2N3O. The highest BCUT2D eigenvalue weighted by Gasteiger charge is 2.24. The quantitative estimate of drug-likeness (QED) is 0.466. The first-order valence-electron chi connectivity index (χ1n) is 10.2. The summed E-state index contributed by atoms with van der Waals surface area (Å²) < 4.78 is 29.7. The van der Waals surface area contributed by atoms with Crippen LogP contribution < -0.4 is 5.56 Å². The van der Waals surface area contributed by atoms with Crippen LogP contribution >= 0.6 is 0 Å². The molecule has 158 valence electrons. The Hall–Kier alpha value is -3.54. The summed E-state index contributed by atoms with van der Waals surface area (Å²) in [7, 11) is 0. The number of aryl methyl sites for hydroxylation is 1. The van der Waals surface area contributed by atoms with Gasteiger partial charge < -0.3 is 4.98 Å². The maximum Gasteiger partial charge on any atom is 0.257 e. The summed E-state index contributed by atoms with van der Waals surface area (Å²) in [6, 6.07) is 15.5. The molecule has 0 aliphatic carbocycles. The SMILES string of the molecule is CCc1c(C)nc(-c2ccc[nH]2)n(C(Cc2cccc(F)c2)c2cccc(F)c2)c1=O. The maximum absolute atomic E-state index is 14.2. The van der Waals surface area contributed by atoms with Crippen molar-refractivity contribution in [3.8, 4) is 11.5 Å². The van der Waals surface area contributed by atoms with E-state index in [1.54, 1.807) is 35.0 Å². The summed E-state index contributed by atoms with van der Waals surface area (Å²) in [6.45, 7) is 3.73. The number of benzene rings is 2. The summed E-state index contributed by atoms with van der Waals surface area (Å²) in [6.07, 6.45) is 2.60. The Bertz CT molecular complexity index is 1260. The minimum absolute atomic E-state index is 0.176. The Kier molecular flexibility index (Phi) is 5.80. The fourth-order valence-electron chi connectivity index (χ4n) is 3.99. The molecule has 0 fully saturated rings. The lowest BCUT2D eigenvalue weighted by atomic mass is 9.97. The third kappa shape index (κ3) is 4.19. The maximum atomic E-state index is 14.2. The standard InChI is InChI=1S/C25H23F2N3O/c1-3-21-16(2)29-24(22-11-6-12-28-22)30(25(21)31)23(18-8-5-10-20(27)15-18)14-17-7-4-9-19(26)13-17/h4-13,15,23,28H,3,14H2,1-2H3. The summed E-state index contributed by atoms with van der Waals surface area (Å²) in [4.78, 5) is 21.5. The van der Waals surface area contributed by atoms with Crippen molar-refractivity contribution in [2.45, 2.75) is 32.7 Å². The van der Waals surface area contributed by atoms with Crippen LogP contribution in [0.3, 0.4) is 0 Å². The number of hydrogen-bond acceptors (Lipinski definition) is 2. The van der Waals surface area contributed by atoms with Crippen LogP contribution in [0.25, 0.3) is 11.5 Å². The summed E-state index contributed by atoms with van der Waals surface area (Å²) in [5.74, 6) is -0.286. The molecule has 0 bridgehead atoms. The number of rotatable bonds is 6. The predicted molar refractivity (Wildman–Crippen MR) is 117 cm³/mol. The minimum Gasteiger partial charge on any atom is -0.359 e. The zero-order chi connectivity index (χ0) is 22.0. The molecule has 0 aliphatic heterocycles. The van der Waals surface area contributed by atoms with Crippen LogP contribution in [0.4, 0.5) is 8.78 Å². The number of nitrogens with zero attached hydrogens (tertiary/aromatic N) is 2. The fourth-order valence-corrected chi connectivity index (χ4v) is 3.99. The average Bonchev–Trinajstić information content (AvgIpc) is 3.27. The highest BCUT2D eigenvalue weighted by atomic mass is 19.1. The van der Waals surface area contributed by atoms with Crippen LogP contribution in [0.2, 0.25) is 0 Å². The van der Waals surface area contributed by atoms with E-state index in [1.807, 2.05) is 26.0 Å². The molecular weight excluding hydrogens is 396 g/mol. The lowest BCUT2D eigenvalue weighted by Crippen LogP contribution is -2.33. The van der Waals surface area contributed by atoms with E-state index in [1.165, 1.54) is 24.3 Å². The fraction of sp³-hybridized carbons (Fsp3) is 0.200. The van der Waals surface area contributed by atoms with Gasteiger partial charge in [-0.25, -0.2) is 13.8 Å². The highest BCUT2D eigenvalue weighted by Crippen LogP contribution is 2.28. The topological polar surface area (TPSA) is 50.7 Å². The Morgan fingerprint density at radius 2 is 1.77 bits per heavy atom. The zero-order valence-corrected chi connectivity index (χ0v) is 17.4. The minimum atomic E-state index is -0.568. The first-order chi connectivity index (χ1) is 15.0. The Labute approximate surface area is 179 Å². The molecule has 2 heterocycles. The summed E-state index contributed by atoms with van der Waals surface area (Å²) >= 11 is 0. The molecule has 4 aromatic rings. The van der Waals surface area contributed by atoms with Gasteiger partial charge in [0.25, 0.3) is 5.56 Å². The molecule has 0 amide bonds. The van der Waals surface area contributed by atoms with Crippen molar-refractivity contribution in [1.82, 2.24) is 14.5 Å². The van der Waals surface area contributed by atoms with Crippen molar-refractivity contribution in [3.05, 3.63) is 111 Å². The second-order valence-corrected chi connectivity index (χ2v) is 7.52. The van der Waals surface area contributed by atoms with Gasteiger partial charge in [-0.1, -0.05) is 31.2 Å². The Morgan fingerprint density at radius 3 is 2.42 bits per heavy atom. The van der Waals surface area contributed by atoms with Gasteiger partial charge in [0.15, 0.2) is 5.82 Å². The molecule has 2 aromatic carbocycles. The van der Waals surface area contributed by atoms with Crippen LogP contribution in [0.1, 0.15) is 35.3 Å². The molecule has 0 spiro atoms. The van der Waals surface area contributed by atoms with E-state index in [2.05, 4.69) is 4.98 Å². The lowest BCUT2D eigenvalue weighted by Gasteiger charge is -2.25. The van der Waals surface area contributed by atoms with Crippen LogP contribution in [0, 0.1) is 18.6 Å². The van der Waals surface area contributed by atoms with Gasteiger partial charge in [-0.05, 0) is 67.3 Å². The number of nitrogens with one attached hydrogen (secondary N) is 1. The lowest BCUT2D eigenvalue weighted by molar-refractivity contribution is 0.542. The average molecular weight is 419 g/mol. The normalized spacial score (nSPS) is 12.1. The van der Waals surface area contributed by atoms with Gasteiger partial charge in [-0.3, -0.25) is 9.36 Å². The smallest absolute Gasteiger partial charge is 0.257 e. The highest BCUT2D eigenvalue weighted by molar-refractivity contribution is 5.52. The van der Waals surface area contributed by atoms with Gasteiger partial charge in [0.2, 0.25) is 0 Å². The van der Waals surface area contributed by atoms with Gasteiger partial charge >= 0.3 is 0 Å². The predicted octanol–water partition coefficient (Wildman–Crippen LogP) is 5.22. The molecule has 0 aliphatic rings. The largest absolute Gasteiger partial charge is 0.359 e. The molecule has 4 nitrogen and oxygen atoms in total. The van der Waals surface area contributed by atoms with Gasteiger partial charge in [0, 0.05) is 17.5 Å². The van der Waals surface area contributed by atoms with E-state index < -0.39 is 11.9 Å². The van der Waals surface area contributed by atoms with E-state index in [9.17, 15) is 13.6 Å². The monoisotopic (exact) mass is 419 g/mol. The van der Waals surface area contributed by atoms with Crippen molar-refractivity contribution in [3.63, 3.8) is 0 Å². The molecule has 0 radical (unpaired) electrons. The van der Waals surface area contributed by atoms with Crippen molar-refractivity contribution in [2.24, 2.45) is 0 Å². The molecule has 31 heavy (non-hydrogen) atoms. The molecule has 1 atom stereocenters. The van der Waals surface area contributed by atoms with Gasteiger partial charge in [-0.15, -0.1) is 0 Å². The van der Waals surface area contributed by atoms with Crippen molar-refractivity contribution in [1.29, 1.82) is 0 Å². The van der Waals surface area contributed by atoms with Crippen LogP contribution in [0.5, 0.6) is 0 Å². The van der Waals surface area contributed by atoms with E-state index in [0.717, 1.165) is 0 Å². The summed E-state index contributed by atoms with van der Waals surface area (Å²) in [5, 5.41) is 0. The van der Waals surface area contributed by atoms with E-state index >= 15 is 0 Å². The van der Waals surface area contributed by atoms with Gasteiger partial charge in [0.1, 0.15) is 11.6 Å². The van der Waals surface area contributed by atoms with Crippen molar-refractivity contribution in [2.75, 3.05) is 0 Å². The first-order valence-corrected chi connectivity index (χ1v) is 10.2. The first kappa shape index (κ1) is 20.7. The van der Waals surface area contributed by atoms with Crippen LogP contribution in [-0.2, 0) is 12.8 Å². The number of hydrogen-bond donors (Lipinski definition) is 1. The van der Waals surface area contributed by atoms with E-state index in [0.29, 0.717) is 46.7 Å². The summed E-state index contributed by atoms with van der Waals surface area (Å²) in [5.41, 5.74) is 3.10. The number of H-pyrrole nitrogens is 1. The molecule has 1 N–H and O–H groups in total. The third-order valence-electron chi connectivity index (χ3n) is 5.47. The van der Waals surface area contributed by atoms with Crippen molar-refractivity contribution >= 4 is 0 Å². The number of aromatic amines is 1. The Balaban J connectivity index is 1.99. The number of halogens is 2. The van der Waals surface area contributed by atoms with Crippen molar-refractivity contribution < 1.29 is 8.78 Å². The second-order valence-electron chi connectivity index (χ2n) is 7.52. The molecule has 0 saturated heterocycles. The number of aromatic nitrogens is 3. The van der Waals surface area contributed by atoms with Crippen LogP contribution in [-0.4, -0.2) is 14.5 Å².